The molecule has 0 spiro atoms. The van der Waals surface area contributed by atoms with Gasteiger partial charge in [0, 0.05) is 6.04 Å². The summed E-state index contributed by atoms with van der Waals surface area (Å²) in [6, 6.07) is 10.8. The summed E-state index contributed by atoms with van der Waals surface area (Å²) in [6.45, 7) is 5.82. The molecule has 1 atom stereocenters. The summed E-state index contributed by atoms with van der Waals surface area (Å²) in [6.07, 6.45) is 3.01. The number of carbonyl (C=O) groups is 1. The van der Waals surface area contributed by atoms with Gasteiger partial charge in [-0.2, -0.15) is 0 Å². The molecule has 94 valence electrons. The predicted molar refractivity (Wildman–Crippen MR) is 72.1 cm³/mol. The summed E-state index contributed by atoms with van der Waals surface area (Å²) >= 11 is 0. The van der Waals surface area contributed by atoms with Gasteiger partial charge >= 0.3 is 0 Å². The normalized spacial score (nSPS) is 12.7. The zero-order valence-electron chi connectivity index (χ0n) is 11.1. The molecule has 0 radical (unpaired) electrons. The molecule has 17 heavy (non-hydrogen) atoms. The monoisotopic (exact) mass is 233 g/mol. The molecule has 0 bridgehead atoms. The lowest BCUT2D eigenvalue weighted by Crippen LogP contribution is -2.39. The van der Waals surface area contributed by atoms with Crippen molar-refractivity contribution in [2.24, 2.45) is 0 Å². The minimum absolute atomic E-state index is 0.0127. The standard InChI is InChI=1S/C15H23NO/c1-12(2)16-15(13(3)17)11-7-10-14-8-5-4-6-9-14/h4-6,8-9,12,15-16H,7,10-11H2,1-3H3. The average Bonchev–Trinajstić information content (AvgIpc) is 2.28. The van der Waals surface area contributed by atoms with Crippen LogP contribution in [0.2, 0.25) is 0 Å². The fourth-order valence-electron chi connectivity index (χ4n) is 1.96. The Labute approximate surface area is 104 Å². The Bertz CT molecular complexity index is 332. The van der Waals surface area contributed by atoms with Crippen LogP contribution in [0.25, 0.3) is 0 Å². The Hall–Kier alpha value is -1.15. The van der Waals surface area contributed by atoms with Gasteiger partial charge in [0.05, 0.1) is 6.04 Å². The third-order valence-electron chi connectivity index (χ3n) is 2.83. The van der Waals surface area contributed by atoms with Crippen molar-refractivity contribution in [1.82, 2.24) is 5.32 Å². The molecule has 1 aromatic carbocycles. The van der Waals surface area contributed by atoms with E-state index in [1.54, 1.807) is 6.92 Å². The van der Waals surface area contributed by atoms with E-state index in [2.05, 4.69) is 43.4 Å². The third kappa shape index (κ3) is 5.64. The van der Waals surface area contributed by atoms with Crippen LogP contribution in [-0.4, -0.2) is 17.9 Å². The number of nitrogens with one attached hydrogen (secondary N) is 1. The Morgan fingerprint density at radius 2 is 1.88 bits per heavy atom. The van der Waals surface area contributed by atoms with Crippen LogP contribution in [0.5, 0.6) is 0 Å². The van der Waals surface area contributed by atoms with Crippen molar-refractivity contribution in [2.75, 3.05) is 0 Å². The highest BCUT2D eigenvalue weighted by atomic mass is 16.1. The van der Waals surface area contributed by atoms with Crippen molar-refractivity contribution in [3.05, 3.63) is 35.9 Å². The first kappa shape index (κ1) is 13.9. The van der Waals surface area contributed by atoms with Crippen LogP contribution in [0, 0.1) is 0 Å². The fraction of sp³-hybridized carbons (Fsp3) is 0.533. The second-order valence-corrected chi connectivity index (χ2v) is 4.86. The highest BCUT2D eigenvalue weighted by molar-refractivity contribution is 5.81. The van der Waals surface area contributed by atoms with Crippen LogP contribution in [0.3, 0.4) is 0 Å². The van der Waals surface area contributed by atoms with Gasteiger partial charge in [-0.05, 0) is 31.7 Å². The van der Waals surface area contributed by atoms with Gasteiger partial charge in [-0.15, -0.1) is 0 Å². The second-order valence-electron chi connectivity index (χ2n) is 4.86. The maximum absolute atomic E-state index is 11.5. The number of hydrogen-bond donors (Lipinski definition) is 1. The average molecular weight is 233 g/mol. The lowest BCUT2D eigenvalue weighted by Gasteiger charge is -2.18. The van der Waals surface area contributed by atoms with Crippen LogP contribution in [0.15, 0.2) is 30.3 Å². The molecule has 2 nitrogen and oxygen atoms in total. The van der Waals surface area contributed by atoms with Crippen LogP contribution < -0.4 is 5.32 Å². The van der Waals surface area contributed by atoms with Crippen molar-refractivity contribution >= 4 is 5.78 Å². The summed E-state index contributed by atoms with van der Waals surface area (Å²) in [5.74, 6) is 0.242. The molecule has 0 aliphatic carbocycles. The SMILES string of the molecule is CC(=O)C(CCCc1ccccc1)NC(C)C. The molecule has 0 heterocycles. The largest absolute Gasteiger partial charge is 0.305 e. The Morgan fingerprint density at radius 3 is 2.41 bits per heavy atom. The van der Waals surface area contributed by atoms with Crippen molar-refractivity contribution in [2.45, 2.75) is 52.1 Å². The Morgan fingerprint density at radius 1 is 1.24 bits per heavy atom. The van der Waals surface area contributed by atoms with E-state index in [1.807, 2.05) is 6.07 Å². The molecule has 1 aromatic rings. The smallest absolute Gasteiger partial charge is 0.146 e. The molecule has 0 aliphatic rings. The number of aryl methyl sites for hydroxylation is 1. The van der Waals surface area contributed by atoms with E-state index in [4.69, 9.17) is 0 Å². The number of benzene rings is 1. The second kappa shape index (κ2) is 7.23. The molecule has 2 heteroatoms. The van der Waals surface area contributed by atoms with Crippen molar-refractivity contribution < 1.29 is 4.79 Å². The molecular weight excluding hydrogens is 210 g/mol. The number of ketones is 1. The van der Waals surface area contributed by atoms with Gasteiger partial charge < -0.3 is 5.32 Å². The maximum Gasteiger partial charge on any atom is 0.146 e. The third-order valence-corrected chi connectivity index (χ3v) is 2.83. The minimum Gasteiger partial charge on any atom is -0.305 e. The van der Waals surface area contributed by atoms with E-state index in [1.165, 1.54) is 5.56 Å². The first-order valence-electron chi connectivity index (χ1n) is 6.40. The molecule has 1 rings (SSSR count). The number of Topliss-reactive ketones (excluding diaryl/α,β-unsaturated/α-hetero) is 1. The van der Waals surface area contributed by atoms with Gasteiger partial charge in [-0.25, -0.2) is 0 Å². The van der Waals surface area contributed by atoms with E-state index in [-0.39, 0.29) is 11.8 Å². The summed E-state index contributed by atoms with van der Waals surface area (Å²) in [7, 11) is 0. The van der Waals surface area contributed by atoms with Gasteiger partial charge in [0.15, 0.2) is 0 Å². The van der Waals surface area contributed by atoms with E-state index in [0.29, 0.717) is 6.04 Å². The van der Waals surface area contributed by atoms with E-state index >= 15 is 0 Å². The van der Waals surface area contributed by atoms with E-state index < -0.39 is 0 Å². The predicted octanol–water partition coefficient (Wildman–Crippen LogP) is 2.96. The highest BCUT2D eigenvalue weighted by Gasteiger charge is 2.14. The number of hydrogen-bond acceptors (Lipinski definition) is 2. The molecule has 1 unspecified atom stereocenters. The Balaban J connectivity index is 2.35. The molecule has 0 saturated heterocycles. The lowest BCUT2D eigenvalue weighted by atomic mass is 10.0. The van der Waals surface area contributed by atoms with Crippen molar-refractivity contribution in [3.63, 3.8) is 0 Å². The summed E-state index contributed by atoms with van der Waals surface area (Å²) in [5.41, 5.74) is 1.35. The quantitative estimate of drug-likeness (QED) is 0.784. The van der Waals surface area contributed by atoms with Crippen LogP contribution in [0.4, 0.5) is 0 Å². The molecule has 0 amide bonds. The van der Waals surface area contributed by atoms with Crippen LogP contribution >= 0.6 is 0 Å². The minimum atomic E-state index is 0.0127. The molecule has 0 fully saturated rings. The van der Waals surface area contributed by atoms with Crippen LogP contribution in [-0.2, 0) is 11.2 Å². The van der Waals surface area contributed by atoms with Crippen LogP contribution in [0.1, 0.15) is 39.2 Å². The van der Waals surface area contributed by atoms with Gasteiger partial charge in [-0.3, -0.25) is 4.79 Å². The lowest BCUT2D eigenvalue weighted by molar-refractivity contribution is -0.119. The Kier molecular flexibility index (Phi) is 5.92. The molecule has 0 aromatic heterocycles. The summed E-state index contributed by atoms with van der Waals surface area (Å²) < 4.78 is 0. The highest BCUT2D eigenvalue weighted by Crippen LogP contribution is 2.07. The summed E-state index contributed by atoms with van der Waals surface area (Å²) in [4.78, 5) is 11.5. The van der Waals surface area contributed by atoms with E-state index in [0.717, 1.165) is 19.3 Å². The maximum atomic E-state index is 11.5. The van der Waals surface area contributed by atoms with Crippen molar-refractivity contribution in [1.29, 1.82) is 0 Å². The number of rotatable bonds is 7. The van der Waals surface area contributed by atoms with Gasteiger partial charge in [0.2, 0.25) is 0 Å². The fourth-order valence-corrected chi connectivity index (χ4v) is 1.96. The summed E-state index contributed by atoms with van der Waals surface area (Å²) in [5, 5.41) is 3.32. The van der Waals surface area contributed by atoms with Gasteiger partial charge in [-0.1, -0.05) is 44.2 Å². The zero-order valence-corrected chi connectivity index (χ0v) is 11.1. The molecule has 0 saturated carbocycles. The first-order chi connectivity index (χ1) is 8.09. The number of carbonyl (C=O) groups excluding carboxylic acids is 1. The molecule has 0 aliphatic heterocycles. The topological polar surface area (TPSA) is 29.1 Å². The van der Waals surface area contributed by atoms with Gasteiger partial charge in [0.1, 0.15) is 5.78 Å². The molecular formula is C15H23NO. The van der Waals surface area contributed by atoms with Gasteiger partial charge in [0.25, 0.3) is 0 Å². The van der Waals surface area contributed by atoms with E-state index in [9.17, 15) is 4.79 Å². The zero-order chi connectivity index (χ0) is 12.7. The first-order valence-corrected chi connectivity index (χ1v) is 6.40. The van der Waals surface area contributed by atoms with Crippen molar-refractivity contribution in [3.8, 4) is 0 Å². The molecule has 1 N–H and O–H groups in total.